The molecule has 31 heavy (non-hydrogen) atoms. The lowest BCUT2D eigenvalue weighted by atomic mass is 10.1. The summed E-state index contributed by atoms with van der Waals surface area (Å²) in [6, 6.07) is 23.7. The van der Waals surface area contributed by atoms with E-state index >= 15 is 0 Å². The fraction of sp³-hybridized carbons (Fsp3) is 0.0870. The van der Waals surface area contributed by atoms with Crippen LogP contribution in [0.15, 0.2) is 82.6 Å². The number of hydrogen-bond donors (Lipinski definition) is 0. The minimum absolute atomic E-state index is 0.145. The van der Waals surface area contributed by atoms with E-state index in [2.05, 4.69) is 6.07 Å². The highest BCUT2D eigenvalue weighted by Gasteiger charge is 2.35. The summed E-state index contributed by atoms with van der Waals surface area (Å²) in [5.74, 6) is 0.247. The van der Waals surface area contributed by atoms with Crippen LogP contribution < -0.4 is 4.31 Å². The van der Waals surface area contributed by atoms with Gasteiger partial charge >= 0.3 is 0 Å². The predicted octanol–water partition coefficient (Wildman–Crippen LogP) is 4.76. The van der Waals surface area contributed by atoms with Crippen molar-refractivity contribution in [2.24, 2.45) is 0 Å². The topological polar surface area (TPSA) is 84.2 Å². The molecule has 0 fully saturated rings. The Kier molecular flexibility index (Phi) is 4.99. The van der Waals surface area contributed by atoms with E-state index in [0.717, 1.165) is 21.2 Å². The molecule has 0 radical (unpaired) electrons. The zero-order valence-corrected chi connectivity index (χ0v) is 18.6. The first-order valence-electron chi connectivity index (χ1n) is 9.52. The Morgan fingerprint density at radius 1 is 1.00 bits per heavy atom. The molecule has 4 aromatic rings. The lowest BCUT2D eigenvalue weighted by Gasteiger charge is -2.31. The summed E-state index contributed by atoms with van der Waals surface area (Å²) in [5.41, 5.74) is 1.23. The van der Waals surface area contributed by atoms with Crippen molar-refractivity contribution in [3.63, 3.8) is 0 Å². The molecular formula is C23H16N2O3S3. The van der Waals surface area contributed by atoms with E-state index in [9.17, 15) is 13.0 Å². The molecule has 0 bridgehead atoms. The van der Waals surface area contributed by atoms with Gasteiger partial charge in [0.2, 0.25) is 0 Å². The van der Waals surface area contributed by atoms with Gasteiger partial charge in [0, 0.05) is 4.88 Å². The van der Waals surface area contributed by atoms with Crippen LogP contribution in [0.2, 0.25) is 0 Å². The number of rotatable bonds is 3. The SMILES string of the molecule is N#Cc1ccc(-c2ccc3c(c2)N(S(=O)(=O)c2ccc4ccccc4c2)CC[S+]3[O-])s1. The zero-order valence-electron chi connectivity index (χ0n) is 16.2. The van der Waals surface area contributed by atoms with E-state index in [1.165, 1.54) is 15.6 Å². The third kappa shape index (κ3) is 3.50. The number of thiophene rings is 1. The standard InChI is InChI=1S/C23H16N2O3S3/c24-15-19-7-9-22(29-19)18-6-10-23-21(14-18)25(11-12-30(23)26)31(27,28)20-8-5-16-3-1-2-4-17(16)13-20/h1-10,13-14H,11-12H2. The van der Waals surface area contributed by atoms with Gasteiger partial charge in [0.05, 0.1) is 11.4 Å². The number of fused-ring (bicyclic) bond motifs is 2. The molecule has 0 N–H and O–H groups in total. The summed E-state index contributed by atoms with van der Waals surface area (Å²) in [5, 5.41) is 10.9. The van der Waals surface area contributed by atoms with Crippen LogP contribution in [0.4, 0.5) is 5.69 Å². The molecule has 1 aliphatic rings. The average Bonchev–Trinajstić information content (AvgIpc) is 3.28. The summed E-state index contributed by atoms with van der Waals surface area (Å²) in [7, 11) is -3.84. The lowest BCUT2D eigenvalue weighted by molar-refractivity contribution is 0.583. The van der Waals surface area contributed by atoms with Crippen LogP contribution in [-0.4, -0.2) is 25.3 Å². The van der Waals surface area contributed by atoms with Crippen LogP contribution in [0.25, 0.3) is 21.2 Å². The number of sulfonamides is 1. The molecule has 1 unspecified atom stereocenters. The van der Waals surface area contributed by atoms with Crippen molar-refractivity contribution in [2.75, 3.05) is 16.6 Å². The fourth-order valence-electron chi connectivity index (χ4n) is 3.71. The van der Waals surface area contributed by atoms with E-state index in [1.807, 2.05) is 36.4 Å². The quantitative estimate of drug-likeness (QED) is 0.409. The highest BCUT2D eigenvalue weighted by atomic mass is 32.2. The van der Waals surface area contributed by atoms with Gasteiger partial charge in [-0.1, -0.05) is 30.3 Å². The van der Waals surface area contributed by atoms with Crippen molar-refractivity contribution < 1.29 is 13.0 Å². The molecule has 1 aliphatic heterocycles. The molecule has 1 atom stereocenters. The van der Waals surface area contributed by atoms with Crippen molar-refractivity contribution in [1.29, 1.82) is 5.26 Å². The van der Waals surface area contributed by atoms with Crippen molar-refractivity contribution in [2.45, 2.75) is 9.79 Å². The molecule has 3 aromatic carbocycles. The Bertz CT molecular complexity index is 1450. The normalized spacial score (nSPS) is 16.1. The van der Waals surface area contributed by atoms with Crippen LogP contribution in [0.1, 0.15) is 4.88 Å². The van der Waals surface area contributed by atoms with Gasteiger partial charge in [-0.05, 0) is 70.0 Å². The van der Waals surface area contributed by atoms with Crippen molar-refractivity contribution in [3.05, 3.63) is 77.7 Å². The molecular weight excluding hydrogens is 448 g/mol. The summed E-state index contributed by atoms with van der Waals surface area (Å²) in [4.78, 5) is 2.16. The fourth-order valence-corrected chi connectivity index (χ4v) is 7.39. The van der Waals surface area contributed by atoms with Crippen molar-refractivity contribution in [3.8, 4) is 16.5 Å². The number of hydrogen-bond acceptors (Lipinski definition) is 5. The van der Waals surface area contributed by atoms with Crippen LogP contribution in [-0.2, 0) is 21.2 Å². The van der Waals surface area contributed by atoms with E-state index in [4.69, 9.17) is 5.26 Å². The molecule has 2 heterocycles. The smallest absolute Gasteiger partial charge is 0.264 e. The van der Waals surface area contributed by atoms with Gasteiger partial charge in [-0.15, -0.1) is 11.3 Å². The molecule has 5 rings (SSSR count). The lowest BCUT2D eigenvalue weighted by Crippen LogP contribution is -2.39. The monoisotopic (exact) mass is 464 g/mol. The molecule has 1 aromatic heterocycles. The van der Waals surface area contributed by atoms with Gasteiger partial charge in [-0.2, -0.15) is 5.26 Å². The van der Waals surface area contributed by atoms with Gasteiger partial charge in [0.25, 0.3) is 10.0 Å². The Morgan fingerprint density at radius 2 is 1.81 bits per heavy atom. The predicted molar refractivity (Wildman–Crippen MR) is 124 cm³/mol. The molecule has 5 nitrogen and oxygen atoms in total. The van der Waals surface area contributed by atoms with E-state index in [0.29, 0.717) is 15.5 Å². The zero-order chi connectivity index (χ0) is 21.6. The first kappa shape index (κ1) is 20.1. The van der Waals surface area contributed by atoms with Gasteiger partial charge in [-0.3, -0.25) is 4.31 Å². The average molecular weight is 465 g/mol. The van der Waals surface area contributed by atoms with Gasteiger partial charge < -0.3 is 4.55 Å². The van der Waals surface area contributed by atoms with E-state index in [1.54, 1.807) is 36.4 Å². The first-order chi connectivity index (χ1) is 15.0. The van der Waals surface area contributed by atoms with Crippen LogP contribution in [0.3, 0.4) is 0 Å². The van der Waals surface area contributed by atoms with Crippen molar-refractivity contribution in [1.82, 2.24) is 0 Å². The summed E-state index contributed by atoms with van der Waals surface area (Å²) >= 11 is 0.0736. The van der Waals surface area contributed by atoms with Crippen LogP contribution in [0.5, 0.6) is 0 Å². The Morgan fingerprint density at radius 3 is 2.58 bits per heavy atom. The number of benzene rings is 3. The Labute approximate surface area is 187 Å². The maximum Gasteiger partial charge on any atom is 0.264 e. The number of nitriles is 1. The molecule has 0 amide bonds. The summed E-state index contributed by atoms with van der Waals surface area (Å²) < 4.78 is 41.1. The summed E-state index contributed by atoms with van der Waals surface area (Å²) in [6.07, 6.45) is 0. The maximum absolute atomic E-state index is 13.6. The first-order valence-corrected chi connectivity index (χ1v) is 13.1. The number of anilines is 1. The minimum atomic E-state index is -3.84. The highest BCUT2D eigenvalue weighted by molar-refractivity contribution is 7.94. The molecule has 8 heteroatoms. The maximum atomic E-state index is 13.6. The molecule has 0 saturated carbocycles. The van der Waals surface area contributed by atoms with Gasteiger partial charge in [0.15, 0.2) is 4.90 Å². The second kappa shape index (κ2) is 7.70. The van der Waals surface area contributed by atoms with Gasteiger partial charge in [-0.25, -0.2) is 8.42 Å². The second-order valence-corrected chi connectivity index (χ2v) is 11.6. The third-order valence-corrected chi connectivity index (χ3v) is 9.50. The second-order valence-electron chi connectivity index (χ2n) is 7.09. The molecule has 0 aliphatic carbocycles. The van der Waals surface area contributed by atoms with Crippen LogP contribution >= 0.6 is 11.3 Å². The van der Waals surface area contributed by atoms with Gasteiger partial charge in [0.1, 0.15) is 22.4 Å². The number of nitrogens with zero attached hydrogens (tertiary/aromatic N) is 2. The summed E-state index contributed by atoms with van der Waals surface area (Å²) in [6.45, 7) is 0.145. The Hall–Kier alpha value is -2.83. The van der Waals surface area contributed by atoms with E-state index < -0.39 is 21.2 Å². The molecule has 0 saturated heterocycles. The highest BCUT2D eigenvalue weighted by Crippen LogP contribution is 2.39. The van der Waals surface area contributed by atoms with E-state index in [-0.39, 0.29) is 17.2 Å². The van der Waals surface area contributed by atoms with Crippen molar-refractivity contribution >= 4 is 49.0 Å². The largest absolute Gasteiger partial charge is 0.611 e. The third-order valence-electron chi connectivity index (χ3n) is 5.26. The molecule has 154 valence electrons. The minimum Gasteiger partial charge on any atom is -0.611 e. The Balaban J connectivity index is 1.62. The molecule has 0 spiro atoms. The van der Waals surface area contributed by atoms with Crippen LogP contribution in [0, 0.1) is 11.3 Å².